The molecule has 0 bridgehead atoms. The maximum Gasteiger partial charge on any atom is 0.163 e. The third kappa shape index (κ3) is 2.88. The van der Waals surface area contributed by atoms with Crippen molar-refractivity contribution in [3.05, 3.63) is 102 Å². The van der Waals surface area contributed by atoms with Gasteiger partial charge in [-0.3, -0.25) is 4.90 Å². The summed E-state index contributed by atoms with van der Waals surface area (Å²) >= 11 is 0. The molecule has 0 amide bonds. The summed E-state index contributed by atoms with van der Waals surface area (Å²) in [7, 11) is 0. The van der Waals surface area contributed by atoms with E-state index >= 15 is 0 Å². The highest BCUT2D eigenvalue weighted by atomic mass is 15.4. The van der Waals surface area contributed by atoms with Crippen molar-refractivity contribution >= 4 is 17.2 Å². The van der Waals surface area contributed by atoms with Gasteiger partial charge >= 0.3 is 0 Å². The van der Waals surface area contributed by atoms with Crippen LogP contribution in [0.15, 0.2) is 91.0 Å². The fraction of sp³-hybridized carbons (Fsp3) is 0.0870. The molecule has 0 aliphatic rings. The Kier molecular flexibility index (Phi) is 4.28. The molecule has 0 spiro atoms. The second kappa shape index (κ2) is 6.89. The van der Waals surface area contributed by atoms with Crippen LogP contribution in [0, 0.1) is 13.8 Å². The third-order valence-electron chi connectivity index (χ3n) is 4.63. The number of nitrogens with zero attached hydrogens (tertiary/aromatic N) is 3. The van der Waals surface area contributed by atoms with Gasteiger partial charge in [0.25, 0.3) is 0 Å². The molecule has 128 valence electrons. The first-order chi connectivity index (χ1) is 12.8. The SMILES string of the molecule is Cc1c(N(c2ccccc2)c2ccccc2)nn(-c2ccccc2)c1C. The summed E-state index contributed by atoms with van der Waals surface area (Å²) in [6, 6.07) is 31.0. The van der Waals surface area contributed by atoms with E-state index in [1.807, 2.05) is 35.0 Å². The van der Waals surface area contributed by atoms with E-state index in [9.17, 15) is 0 Å². The van der Waals surface area contributed by atoms with E-state index in [1.165, 1.54) is 5.56 Å². The van der Waals surface area contributed by atoms with Gasteiger partial charge < -0.3 is 0 Å². The average Bonchev–Trinajstić information content (AvgIpc) is 3.00. The van der Waals surface area contributed by atoms with Gasteiger partial charge in [-0.2, -0.15) is 0 Å². The highest BCUT2D eigenvalue weighted by molar-refractivity contribution is 5.76. The molecular formula is C23H21N3. The van der Waals surface area contributed by atoms with Crippen LogP contribution in [0.2, 0.25) is 0 Å². The van der Waals surface area contributed by atoms with Crippen LogP contribution in [-0.2, 0) is 0 Å². The first-order valence-corrected chi connectivity index (χ1v) is 8.77. The maximum atomic E-state index is 4.98. The number of para-hydroxylation sites is 3. The van der Waals surface area contributed by atoms with Crippen molar-refractivity contribution in [1.29, 1.82) is 0 Å². The Morgan fingerprint density at radius 3 is 1.62 bits per heavy atom. The van der Waals surface area contributed by atoms with E-state index in [4.69, 9.17) is 5.10 Å². The molecule has 0 aliphatic heterocycles. The van der Waals surface area contributed by atoms with Crippen LogP contribution in [0.25, 0.3) is 5.69 Å². The van der Waals surface area contributed by atoms with Gasteiger partial charge in [0.2, 0.25) is 0 Å². The smallest absolute Gasteiger partial charge is 0.163 e. The summed E-state index contributed by atoms with van der Waals surface area (Å²) in [4.78, 5) is 2.21. The molecule has 4 rings (SSSR count). The first-order valence-electron chi connectivity index (χ1n) is 8.77. The normalized spacial score (nSPS) is 10.7. The van der Waals surface area contributed by atoms with E-state index < -0.39 is 0 Å². The van der Waals surface area contributed by atoms with Crippen molar-refractivity contribution in [3.63, 3.8) is 0 Å². The lowest BCUT2D eigenvalue weighted by molar-refractivity contribution is 0.843. The van der Waals surface area contributed by atoms with E-state index in [-0.39, 0.29) is 0 Å². The summed E-state index contributed by atoms with van der Waals surface area (Å²) in [5.41, 5.74) is 5.57. The molecule has 26 heavy (non-hydrogen) atoms. The summed E-state index contributed by atoms with van der Waals surface area (Å²) in [5.74, 6) is 0.948. The Balaban J connectivity index is 1.90. The predicted octanol–water partition coefficient (Wildman–Crippen LogP) is 5.96. The number of aromatic nitrogens is 2. The number of anilines is 3. The molecule has 0 radical (unpaired) electrons. The molecule has 0 saturated heterocycles. The van der Waals surface area contributed by atoms with E-state index in [2.05, 4.69) is 79.4 Å². The second-order valence-electron chi connectivity index (χ2n) is 6.29. The molecule has 0 atom stereocenters. The Morgan fingerprint density at radius 2 is 1.12 bits per heavy atom. The standard InChI is InChI=1S/C23H21N3/c1-18-19(2)26(22-16-10-5-11-17-22)24-23(18)25(20-12-6-3-7-13-20)21-14-8-4-9-15-21/h3-17H,1-2H3. The van der Waals surface area contributed by atoms with Crippen LogP contribution in [0.3, 0.4) is 0 Å². The molecule has 3 aromatic carbocycles. The van der Waals surface area contributed by atoms with Gasteiger partial charge in [-0.05, 0) is 50.2 Å². The van der Waals surface area contributed by atoms with Crippen molar-refractivity contribution in [2.24, 2.45) is 0 Å². The molecular weight excluding hydrogens is 318 g/mol. The minimum Gasteiger partial charge on any atom is -0.293 e. The molecule has 0 unspecified atom stereocenters. The van der Waals surface area contributed by atoms with Crippen molar-refractivity contribution < 1.29 is 0 Å². The topological polar surface area (TPSA) is 21.1 Å². The average molecular weight is 339 g/mol. The lowest BCUT2D eigenvalue weighted by Crippen LogP contribution is -2.11. The maximum absolute atomic E-state index is 4.98. The van der Waals surface area contributed by atoms with Crippen LogP contribution < -0.4 is 4.90 Å². The zero-order chi connectivity index (χ0) is 17.9. The largest absolute Gasteiger partial charge is 0.293 e. The summed E-state index contributed by atoms with van der Waals surface area (Å²) in [6.45, 7) is 4.25. The van der Waals surface area contributed by atoms with E-state index in [0.29, 0.717) is 0 Å². The van der Waals surface area contributed by atoms with Crippen molar-refractivity contribution in [1.82, 2.24) is 9.78 Å². The Labute approximate surface area is 154 Å². The van der Waals surface area contributed by atoms with Crippen LogP contribution in [-0.4, -0.2) is 9.78 Å². The first kappa shape index (κ1) is 16.2. The number of rotatable bonds is 4. The quantitative estimate of drug-likeness (QED) is 0.457. The molecule has 0 saturated carbocycles. The molecule has 3 heteroatoms. The Bertz CT molecular complexity index is 950. The zero-order valence-corrected chi connectivity index (χ0v) is 15.0. The van der Waals surface area contributed by atoms with Crippen LogP contribution in [0.1, 0.15) is 11.3 Å². The van der Waals surface area contributed by atoms with Crippen molar-refractivity contribution in [2.45, 2.75) is 13.8 Å². The fourth-order valence-electron chi connectivity index (χ4n) is 3.15. The molecule has 1 aromatic heterocycles. The molecule has 3 nitrogen and oxygen atoms in total. The number of hydrogen-bond acceptors (Lipinski definition) is 2. The van der Waals surface area contributed by atoms with Crippen molar-refractivity contribution in [3.8, 4) is 5.69 Å². The molecule has 0 N–H and O–H groups in total. The van der Waals surface area contributed by atoms with Gasteiger partial charge in [-0.25, -0.2) is 4.68 Å². The fourth-order valence-corrected chi connectivity index (χ4v) is 3.15. The predicted molar refractivity (Wildman–Crippen MR) is 108 cm³/mol. The van der Waals surface area contributed by atoms with Crippen LogP contribution >= 0.6 is 0 Å². The van der Waals surface area contributed by atoms with E-state index in [0.717, 1.165) is 28.6 Å². The van der Waals surface area contributed by atoms with Crippen molar-refractivity contribution in [2.75, 3.05) is 4.90 Å². The molecule has 0 fully saturated rings. The summed E-state index contributed by atoms with van der Waals surface area (Å²) in [5, 5.41) is 4.98. The lowest BCUT2D eigenvalue weighted by atomic mass is 10.2. The summed E-state index contributed by atoms with van der Waals surface area (Å²) < 4.78 is 2.02. The number of hydrogen-bond donors (Lipinski definition) is 0. The van der Waals surface area contributed by atoms with Gasteiger partial charge in [0, 0.05) is 22.6 Å². The highest BCUT2D eigenvalue weighted by Crippen LogP contribution is 2.36. The monoisotopic (exact) mass is 339 g/mol. The number of benzene rings is 3. The summed E-state index contributed by atoms with van der Waals surface area (Å²) in [6.07, 6.45) is 0. The lowest BCUT2D eigenvalue weighted by Gasteiger charge is -2.23. The van der Waals surface area contributed by atoms with Gasteiger partial charge in [0.15, 0.2) is 5.82 Å². The zero-order valence-electron chi connectivity index (χ0n) is 15.0. The Morgan fingerprint density at radius 1 is 0.654 bits per heavy atom. The van der Waals surface area contributed by atoms with E-state index in [1.54, 1.807) is 0 Å². The van der Waals surface area contributed by atoms with Gasteiger partial charge in [0.1, 0.15) is 0 Å². The molecule has 4 aromatic rings. The minimum atomic E-state index is 0.948. The molecule has 0 aliphatic carbocycles. The van der Waals surface area contributed by atoms with Gasteiger partial charge in [-0.15, -0.1) is 5.10 Å². The van der Waals surface area contributed by atoms with Crippen LogP contribution in [0.4, 0.5) is 17.2 Å². The minimum absolute atomic E-state index is 0.948. The van der Waals surface area contributed by atoms with Gasteiger partial charge in [0.05, 0.1) is 5.69 Å². The van der Waals surface area contributed by atoms with Crippen LogP contribution in [0.5, 0.6) is 0 Å². The highest BCUT2D eigenvalue weighted by Gasteiger charge is 2.20. The second-order valence-corrected chi connectivity index (χ2v) is 6.29. The third-order valence-corrected chi connectivity index (χ3v) is 4.63. The van der Waals surface area contributed by atoms with Gasteiger partial charge in [-0.1, -0.05) is 54.6 Å². The molecule has 1 heterocycles. The Hall–Kier alpha value is -3.33.